The van der Waals surface area contributed by atoms with Gasteiger partial charge in [-0.1, -0.05) is 23.7 Å². The van der Waals surface area contributed by atoms with E-state index in [1.807, 2.05) is 0 Å². The van der Waals surface area contributed by atoms with Crippen LogP contribution in [0.4, 0.5) is 4.39 Å². The monoisotopic (exact) mass is 255 g/mol. The van der Waals surface area contributed by atoms with E-state index in [1.54, 1.807) is 12.1 Å². The van der Waals surface area contributed by atoms with Crippen molar-refractivity contribution in [1.29, 1.82) is 0 Å². The van der Waals surface area contributed by atoms with Gasteiger partial charge in [0.1, 0.15) is 5.82 Å². The van der Waals surface area contributed by atoms with Crippen LogP contribution in [0.2, 0.25) is 5.02 Å². The van der Waals surface area contributed by atoms with Gasteiger partial charge in [0.2, 0.25) is 0 Å². The standard InChI is InChI=1S/C11H7ClFNOS/c12-9-3-1-2-7(11(9)13)4-10-14-5-8(6-15)16-10/h1-3,5-6H,4H2. The molecule has 0 aliphatic heterocycles. The number of hydrogen-bond donors (Lipinski definition) is 0. The maximum atomic E-state index is 13.6. The van der Waals surface area contributed by atoms with Gasteiger partial charge in [-0.05, 0) is 11.6 Å². The lowest BCUT2D eigenvalue weighted by atomic mass is 10.1. The van der Waals surface area contributed by atoms with Crippen LogP contribution in [0, 0.1) is 5.82 Å². The average Bonchev–Trinajstić information content (AvgIpc) is 2.73. The number of benzene rings is 1. The molecule has 0 amide bonds. The Hall–Kier alpha value is -1.26. The third kappa shape index (κ3) is 2.28. The van der Waals surface area contributed by atoms with E-state index in [1.165, 1.54) is 23.6 Å². The van der Waals surface area contributed by atoms with Gasteiger partial charge in [-0.3, -0.25) is 4.79 Å². The Balaban J connectivity index is 2.26. The van der Waals surface area contributed by atoms with Crippen LogP contribution in [0.25, 0.3) is 0 Å². The fraction of sp³-hybridized carbons (Fsp3) is 0.0909. The van der Waals surface area contributed by atoms with Crippen molar-refractivity contribution in [3.63, 3.8) is 0 Å². The molecule has 1 aromatic carbocycles. The zero-order chi connectivity index (χ0) is 11.5. The molecule has 2 nitrogen and oxygen atoms in total. The van der Waals surface area contributed by atoms with Crippen LogP contribution < -0.4 is 0 Å². The van der Waals surface area contributed by atoms with Gasteiger partial charge >= 0.3 is 0 Å². The average molecular weight is 256 g/mol. The topological polar surface area (TPSA) is 30.0 Å². The highest BCUT2D eigenvalue weighted by molar-refractivity contribution is 7.13. The molecule has 0 saturated carbocycles. The highest BCUT2D eigenvalue weighted by atomic mass is 35.5. The first-order chi connectivity index (χ1) is 7.70. The van der Waals surface area contributed by atoms with Crippen molar-refractivity contribution in [3.05, 3.63) is 50.7 Å². The summed E-state index contributed by atoms with van der Waals surface area (Å²) in [7, 11) is 0. The number of hydrogen-bond acceptors (Lipinski definition) is 3. The minimum absolute atomic E-state index is 0.102. The minimum atomic E-state index is -0.424. The van der Waals surface area contributed by atoms with Crippen molar-refractivity contribution in [3.8, 4) is 0 Å². The van der Waals surface area contributed by atoms with Crippen LogP contribution in [0.5, 0.6) is 0 Å². The maximum absolute atomic E-state index is 13.6. The van der Waals surface area contributed by atoms with Gasteiger partial charge < -0.3 is 0 Å². The number of aldehydes is 1. The fourth-order valence-electron chi connectivity index (χ4n) is 1.31. The third-order valence-electron chi connectivity index (χ3n) is 2.06. The molecule has 16 heavy (non-hydrogen) atoms. The first-order valence-corrected chi connectivity index (χ1v) is 5.73. The number of thiazole rings is 1. The van der Waals surface area contributed by atoms with E-state index in [9.17, 15) is 9.18 Å². The van der Waals surface area contributed by atoms with Gasteiger partial charge in [-0.25, -0.2) is 9.37 Å². The summed E-state index contributed by atoms with van der Waals surface area (Å²) < 4.78 is 13.6. The molecule has 0 spiro atoms. The van der Waals surface area contributed by atoms with Crippen LogP contribution in [-0.2, 0) is 6.42 Å². The molecular formula is C11H7ClFNOS. The van der Waals surface area contributed by atoms with Gasteiger partial charge in [-0.2, -0.15) is 0 Å². The molecule has 0 fully saturated rings. The Morgan fingerprint density at radius 2 is 2.31 bits per heavy atom. The van der Waals surface area contributed by atoms with E-state index in [2.05, 4.69) is 4.98 Å². The van der Waals surface area contributed by atoms with Gasteiger partial charge in [0, 0.05) is 12.6 Å². The summed E-state index contributed by atoms with van der Waals surface area (Å²) in [6, 6.07) is 4.84. The number of carbonyl (C=O) groups excluding carboxylic acids is 1. The lowest BCUT2D eigenvalue weighted by Crippen LogP contribution is -1.92. The third-order valence-corrected chi connectivity index (χ3v) is 3.28. The number of carbonyl (C=O) groups is 1. The predicted molar refractivity (Wildman–Crippen MR) is 61.7 cm³/mol. The Kier molecular flexibility index (Phi) is 3.31. The molecule has 0 aliphatic carbocycles. The fourth-order valence-corrected chi connectivity index (χ4v) is 2.26. The predicted octanol–water partition coefficient (Wildman–Crippen LogP) is 3.34. The van der Waals surface area contributed by atoms with Crippen molar-refractivity contribution in [2.75, 3.05) is 0 Å². The number of halogens is 2. The second-order valence-corrected chi connectivity index (χ2v) is 4.72. The van der Waals surface area contributed by atoms with E-state index in [4.69, 9.17) is 11.6 Å². The zero-order valence-electron chi connectivity index (χ0n) is 8.11. The van der Waals surface area contributed by atoms with Crippen molar-refractivity contribution < 1.29 is 9.18 Å². The van der Waals surface area contributed by atoms with Crippen LogP contribution in [0.1, 0.15) is 20.2 Å². The summed E-state index contributed by atoms with van der Waals surface area (Å²) >= 11 is 6.92. The Bertz CT molecular complexity index is 526. The van der Waals surface area contributed by atoms with E-state index < -0.39 is 5.82 Å². The molecule has 2 aromatic rings. The molecule has 0 unspecified atom stereocenters. The molecule has 0 aliphatic rings. The molecule has 2 rings (SSSR count). The van der Waals surface area contributed by atoms with E-state index in [-0.39, 0.29) is 5.02 Å². The molecule has 0 atom stereocenters. The highest BCUT2D eigenvalue weighted by Crippen LogP contribution is 2.22. The van der Waals surface area contributed by atoms with Crippen molar-refractivity contribution in [2.45, 2.75) is 6.42 Å². The number of nitrogens with zero attached hydrogens (tertiary/aromatic N) is 1. The number of rotatable bonds is 3. The van der Waals surface area contributed by atoms with Crippen LogP contribution >= 0.6 is 22.9 Å². The molecule has 82 valence electrons. The molecule has 1 heterocycles. The second kappa shape index (κ2) is 4.72. The first kappa shape index (κ1) is 11.2. The normalized spacial score (nSPS) is 10.4. The summed E-state index contributed by atoms with van der Waals surface area (Å²) in [5, 5.41) is 0.799. The number of aromatic nitrogens is 1. The lowest BCUT2D eigenvalue weighted by molar-refractivity contribution is 0.112. The van der Waals surface area contributed by atoms with Gasteiger partial charge in [-0.15, -0.1) is 11.3 Å². The summed E-state index contributed by atoms with van der Waals surface area (Å²) in [6.45, 7) is 0. The van der Waals surface area contributed by atoms with Crippen LogP contribution in [0.15, 0.2) is 24.4 Å². The van der Waals surface area contributed by atoms with Crippen LogP contribution in [-0.4, -0.2) is 11.3 Å². The Labute approximate surface area is 101 Å². The molecule has 0 N–H and O–H groups in total. The van der Waals surface area contributed by atoms with Crippen molar-refractivity contribution >= 4 is 29.2 Å². The summed E-state index contributed by atoms with van der Waals surface area (Å²) in [6.07, 6.45) is 2.57. The summed E-state index contributed by atoms with van der Waals surface area (Å²) in [4.78, 5) is 15.0. The summed E-state index contributed by atoms with van der Waals surface area (Å²) in [5.74, 6) is -0.424. The molecule has 5 heteroatoms. The molecule has 0 bridgehead atoms. The first-order valence-electron chi connectivity index (χ1n) is 4.53. The lowest BCUT2D eigenvalue weighted by Gasteiger charge is -2.01. The molecule has 0 saturated heterocycles. The van der Waals surface area contributed by atoms with E-state index in [0.29, 0.717) is 21.9 Å². The van der Waals surface area contributed by atoms with Crippen LogP contribution in [0.3, 0.4) is 0 Å². The zero-order valence-corrected chi connectivity index (χ0v) is 9.69. The molecule has 0 radical (unpaired) electrons. The summed E-state index contributed by atoms with van der Waals surface area (Å²) in [5.41, 5.74) is 0.485. The molecule has 1 aromatic heterocycles. The van der Waals surface area contributed by atoms with Crippen molar-refractivity contribution in [1.82, 2.24) is 4.98 Å². The molecular weight excluding hydrogens is 249 g/mol. The quantitative estimate of drug-likeness (QED) is 0.788. The SMILES string of the molecule is O=Cc1cnc(Cc2cccc(Cl)c2F)s1. The second-order valence-electron chi connectivity index (χ2n) is 3.16. The smallest absolute Gasteiger partial charge is 0.161 e. The van der Waals surface area contributed by atoms with Gasteiger partial charge in [0.15, 0.2) is 6.29 Å². The van der Waals surface area contributed by atoms with E-state index >= 15 is 0 Å². The largest absolute Gasteiger partial charge is 0.297 e. The maximum Gasteiger partial charge on any atom is 0.161 e. The van der Waals surface area contributed by atoms with E-state index in [0.717, 1.165) is 6.29 Å². The van der Waals surface area contributed by atoms with Crippen molar-refractivity contribution in [2.24, 2.45) is 0 Å². The van der Waals surface area contributed by atoms with Gasteiger partial charge in [0.05, 0.1) is 14.9 Å². The van der Waals surface area contributed by atoms with Gasteiger partial charge in [0.25, 0.3) is 0 Å². The Morgan fingerprint density at radius 3 is 3.00 bits per heavy atom. The Morgan fingerprint density at radius 1 is 1.50 bits per heavy atom. The minimum Gasteiger partial charge on any atom is -0.297 e. The highest BCUT2D eigenvalue weighted by Gasteiger charge is 2.09.